The molecule has 0 aliphatic heterocycles. The van der Waals surface area contributed by atoms with E-state index in [1.807, 2.05) is 6.92 Å². The van der Waals surface area contributed by atoms with E-state index in [9.17, 15) is 23.3 Å². The molecule has 0 saturated heterocycles. The first-order valence-corrected chi connectivity index (χ1v) is 10.3. The molecule has 12 heteroatoms. The van der Waals surface area contributed by atoms with E-state index in [1.165, 1.54) is 4.68 Å². The molecule has 10 nitrogen and oxygen atoms in total. The SMILES string of the molecule is CCn1nc(C)cc1C(=O)Nc1ncc(S(=O)(=O)c2ccc([N+](=O)[O-])cc2)s1. The van der Waals surface area contributed by atoms with Crippen LogP contribution in [0.1, 0.15) is 23.1 Å². The van der Waals surface area contributed by atoms with Crippen LogP contribution in [0.15, 0.2) is 45.6 Å². The molecule has 0 saturated carbocycles. The van der Waals surface area contributed by atoms with Gasteiger partial charge in [-0.05, 0) is 32.0 Å². The molecule has 2 aromatic heterocycles. The van der Waals surface area contributed by atoms with Crippen molar-refractivity contribution in [3.63, 3.8) is 0 Å². The lowest BCUT2D eigenvalue weighted by Gasteiger charge is -2.04. The van der Waals surface area contributed by atoms with Gasteiger partial charge in [0.2, 0.25) is 9.84 Å². The van der Waals surface area contributed by atoms with Crippen molar-refractivity contribution >= 4 is 37.9 Å². The molecule has 0 radical (unpaired) electrons. The normalized spacial score (nSPS) is 11.4. The molecule has 0 aliphatic carbocycles. The average Bonchev–Trinajstić information content (AvgIpc) is 3.28. The minimum atomic E-state index is -3.91. The fourth-order valence-corrected chi connectivity index (χ4v) is 4.86. The van der Waals surface area contributed by atoms with Crippen molar-refractivity contribution in [1.29, 1.82) is 0 Å². The maximum Gasteiger partial charge on any atom is 0.275 e. The number of non-ortho nitro benzene ring substituents is 1. The fraction of sp³-hybridized carbons (Fsp3) is 0.188. The number of rotatable bonds is 6. The third-order valence-corrected chi connectivity index (χ3v) is 6.91. The van der Waals surface area contributed by atoms with Crippen molar-refractivity contribution in [2.75, 3.05) is 5.32 Å². The van der Waals surface area contributed by atoms with E-state index < -0.39 is 20.7 Å². The largest absolute Gasteiger partial charge is 0.296 e. The zero-order chi connectivity index (χ0) is 20.5. The van der Waals surface area contributed by atoms with Gasteiger partial charge in [0.05, 0.1) is 21.7 Å². The van der Waals surface area contributed by atoms with E-state index in [0.717, 1.165) is 41.8 Å². The molecule has 0 unspecified atom stereocenters. The molecule has 3 rings (SSSR count). The lowest BCUT2D eigenvalue weighted by molar-refractivity contribution is -0.384. The summed E-state index contributed by atoms with van der Waals surface area (Å²) in [5.41, 5.74) is 0.821. The maximum atomic E-state index is 12.7. The van der Waals surface area contributed by atoms with E-state index >= 15 is 0 Å². The molecule has 0 aliphatic rings. The lowest BCUT2D eigenvalue weighted by Crippen LogP contribution is -2.17. The number of aryl methyl sites for hydroxylation is 2. The second-order valence-electron chi connectivity index (χ2n) is 5.68. The van der Waals surface area contributed by atoms with Crippen LogP contribution in [0.3, 0.4) is 0 Å². The second kappa shape index (κ2) is 7.48. The Labute approximate surface area is 163 Å². The van der Waals surface area contributed by atoms with Crippen LogP contribution < -0.4 is 5.32 Å². The molecule has 1 amide bonds. The van der Waals surface area contributed by atoms with Gasteiger partial charge in [-0.2, -0.15) is 5.10 Å². The Bertz CT molecular complexity index is 1150. The number of sulfone groups is 1. The monoisotopic (exact) mass is 421 g/mol. The number of hydrogen-bond acceptors (Lipinski definition) is 8. The third kappa shape index (κ3) is 3.77. The quantitative estimate of drug-likeness (QED) is 0.477. The second-order valence-corrected chi connectivity index (χ2v) is 8.89. The Kier molecular flexibility index (Phi) is 5.25. The molecule has 28 heavy (non-hydrogen) atoms. The van der Waals surface area contributed by atoms with Gasteiger partial charge in [-0.25, -0.2) is 13.4 Å². The fourth-order valence-electron chi connectivity index (χ4n) is 2.43. The topological polar surface area (TPSA) is 137 Å². The summed E-state index contributed by atoms with van der Waals surface area (Å²) in [5, 5.41) is 17.6. The number of nitro benzene ring substituents is 1. The van der Waals surface area contributed by atoms with Crippen molar-refractivity contribution in [1.82, 2.24) is 14.8 Å². The van der Waals surface area contributed by atoms with E-state index in [4.69, 9.17) is 0 Å². The van der Waals surface area contributed by atoms with Gasteiger partial charge in [-0.15, -0.1) is 0 Å². The van der Waals surface area contributed by atoms with Gasteiger partial charge in [-0.1, -0.05) is 11.3 Å². The predicted octanol–water partition coefficient (Wildman–Crippen LogP) is 2.66. The summed E-state index contributed by atoms with van der Waals surface area (Å²) in [5.74, 6) is -0.448. The van der Waals surface area contributed by atoms with Gasteiger partial charge in [0, 0.05) is 18.7 Å². The highest BCUT2D eigenvalue weighted by Crippen LogP contribution is 2.29. The lowest BCUT2D eigenvalue weighted by atomic mass is 10.3. The van der Waals surface area contributed by atoms with Gasteiger partial charge in [-0.3, -0.25) is 24.9 Å². The first-order chi connectivity index (χ1) is 13.2. The summed E-state index contributed by atoms with van der Waals surface area (Å²) in [7, 11) is -3.91. The molecule has 0 atom stereocenters. The minimum absolute atomic E-state index is 0.0863. The van der Waals surface area contributed by atoms with Crippen LogP contribution in [-0.4, -0.2) is 34.0 Å². The first kappa shape index (κ1) is 19.6. The standard InChI is InChI=1S/C16H15N5O5S2/c1-3-20-13(8-10(2)19-20)15(22)18-16-17-9-14(27-16)28(25,26)12-6-4-11(5-7-12)21(23)24/h4-9H,3H2,1-2H3,(H,17,18,22). The number of thiazole rings is 1. The number of nitrogens with one attached hydrogen (secondary N) is 1. The minimum Gasteiger partial charge on any atom is -0.296 e. The molecule has 1 aromatic carbocycles. The molecule has 0 fully saturated rings. The van der Waals surface area contributed by atoms with Crippen LogP contribution in [0.5, 0.6) is 0 Å². The van der Waals surface area contributed by atoms with Crippen molar-refractivity contribution in [2.45, 2.75) is 29.5 Å². The Morgan fingerprint density at radius 2 is 2.00 bits per heavy atom. The van der Waals surface area contributed by atoms with E-state index in [2.05, 4.69) is 15.4 Å². The van der Waals surface area contributed by atoms with Crippen LogP contribution >= 0.6 is 11.3 Å². The number of anilines is 1. The number of hydrogen-bond donors (Lipinski definition) is 1. The molecule has 3 aromatic rings. The molecular weight excluding hydrogens is 406 g/mol. The Morgan fingerprint density at radius 1 is 1.32 bits per heavy atom. The predicted molar refractivity (Wildman–Crippen MR) is 101 cm³/mol. The number of nitrogens with zero attached hydrogens (tertiary/aromatic N) is 4. The Hall–Kier alpha value is -3.12. The van der Waals surface area contributed by atoms with Crippen LogP contribution in [0.25, 0.3) is 0 Å². The van der Waals surface area contributed by atoms with Crippen LogP contribution in [0.2, 0.25) is 0 Å². The van der Waals surface area contributed by atoms with Gasteiger partial charge in [0.25, 0.3) is 11.6 Å². The first-order valence-electron chi connectivity index (χ1n) is 8.03. The van der Waals surface area contributed by atoms with E-state index in [1.54, 1.807) is 13.0 Å². The average molecular weight is 421 g/mol. The summed E-state index contributed by atoms with van der Waals surface area (Å²) < 4.78 is 26.8. The number of carbonyl (C=O) groups excluding carboxylic acids is 1. The highest BCUT2D eigenvalue weighted by molar-refractivity contribution is 7.93. The Morgan fingerprint density at radius 3 is 2.61 bits per heavy atom. The molecule has 0 spiro atoms. The van der Waals surface area contributed by atoms with Crippen molar-refractivity contribution in [3.05, 3.63) is 58.0 Å². The highest BCUT2D eigenvalue weighted by Gasteiger charge is 2.23. The zero-order valence-electron chi connectivity index (χ0n) is 14.8. The summed E-state index contributed by atoms with van der Waals surface area (Å²) >= 11 is 0.794. The van der Waals surface area contributed by atoms with Gasteiger partial charge in [0.1, 0.15) is 9.90 Å². The Balaban J connectivity index is 1.82. The van der Waals surface area contributed by atoms with Gasteiger partial charge in [0.15, 0.2) is 5.13 Å². The molecule has 0 bridgehead atoms. The van der Waals surface area contributed by atoms with Crippen LogP contribution in [0, 0.1) is 17.0 Å². The van der Waals surface area contributed by atoms with Crippen LogP contribution in [-0.2, 0) is 16.4 Å². The van der Waals surface area contributed by atoms with Gasteiger partial charge < -0.3 is 0 Å². The van der Waals surface area contributed by atoms with E-state index in [0.29, 0.717) is 17.9 Å². The number of nitro groups is 1. The van der Waals surface area contributed by atoms with Crippen molar-refractivity contribution in [2.24, 2.45) is 0 Å². The summed E-state index contributed by atoms with van der Waals surface area (Å²) in [6.07, 6.45) is 1.14. The highest BCUT2D eigenvalue weighted by atomic mass is 32.2. The number of aromatic nitrogens is 3. The van der Waals surface area contributed by atoms with Crippen molar-refractivity contribution in [3.8, 4) is 0 Å². The molecule has 1 N–H and O–H groups in total. The number of benzene rings is 1. The van der Waals surface area contributed by atoms with Gasteiger partial charge >= 0.3 is 0 Å². The number of carbonyl (C=O) groups is 1. The molecule has 146 valence electrons. The number of amides is 1. The van der Waals surface area contributed by atoms with E-state index in [-0.39, 0.29) is 19.9 Å². The van der Waals surface area contributed by atoms with Crippen molar-refractivity contribution < 1.29 is 18.1 Å². The summed E-state index contributed by atoms with van der Waals surface area (Å²) in [6, 6.07) is 6.18. The molecular formula is C16H15N5O5S2. The van der Waals surface area contributed by atoms with Crippen LogP contribution in [0.4, 0.5) is 10.8 Å². The summed E-state index contributed by atoms with van der Waals surface area (Å²) in [6.45, 7) is 4.12. The third-order valence-electron chi connectivity index (χ3n) is 3.76. The summed E-state index contributed by atoms with van der Waals surface area (Å²) in [4.78, 5) is 26.4. The smallest absolute Gasteiger partial charge is 0.275 e. The maximum absolute atomic E-state index is 12.7. The molecule has 2 heterocycles. The zero-order valence-corrected chi connectivity index (χ0v) is 16.5.